The second kappa shape index (κ2) is 4.98. The molecule has 0 unspecified atom stereocenters. The molecule has 16 heavy (non-hydrogen) atoms. The Morgan fingerprint density at radius 1 is 1.06 bits per heavy atom. The van der Waals surface area contributed by atoms with Gasteiger partial charge in [0.2, 0.25) is 0 Å². The van der Waals surface area contributed by atoms with Crippen LogP contribution in [0.25, 0.3) is 5.84 Å². The summed E-state index contributed by atoms with van der Waals surface area (Å²) in [6.07, 6.45) is 14.2. The Labute approximate surface area is 99.5 Å². The van der Waals surface area contributed by atoms with E-state index in [0.29, 0.717) is 0 Å². The summed E-state index contributed by atoms with van der Waals surface area (Å²) in [5, 5.41) is 1.74. The van der Waals surface area contributed by atoms with Gasteiger partial charge in [0, 0.05) is 11.1 Å². The molecule has 0 aliphatic heterocycles. The van der Waals surface area contributed by atoms with Crippen LogP contribution in [-0.2, 0) is 0 Å². The first-order valence-corrected chi connectivity index (χ1v) is 6.04. The zero-order chi connectivity index (χ0) is 12.2. The molecule has 0 amide bonds. The van der Waals surface area contributed by atoms with Gasteiger partial charge in [-0.3, -0.25) is 0 Å². The van der Waals surface area contributed by atoms with Crippen molar-refractivity contribution < 1.29 is 0 Å². The summed E-state index contributed by atoms with van der Waals surface area (Å²) in [5.41, 5.74) is -0.391. The maximum Gasteiger partial charge on any atom is 0.0389 e. The minimum atomic E-state index is -0.315. The average molecular weight is 219 g/mol. The van der Waals surface area contributed by atoms with E-state index in [1.54, 1.807) is 5.01 Å². The number of nitrogens with zero attached hydrogens (tertiary/aromatic N) is 1. The molecule has 0 aromatic carbocycles. The Balaban J connectivity index is 2.99. The van der Waals surface area contributed by atoms with Crippen LogP contribution in [0.15, 0.2) is 36.5 Å². The van der Waals surface area contributed by atoms with E-state index < -0.39 is 0 Å². The zero-order valence-corrected chi connectivity index (χ0v) is 10.8. The predicted octanol–water partition coefficient (Wildman–Crippen LogP) is 4.28. The highest BCUT2D eigenvalue weighted by Gasteiger charge is 2.31. The first kappa shape index (κ1) is 13.2. The molecule has 0 spiro atoms. The first-order valence-electron chi connectivity index (χ1n) is 6.04. The second-order valence-corrected chi connectivity index (χ2v) is 4.87. The monoisotopic (exact) mass is 219 g/mol. The van der Waals surface area contributed by atoms with Crippen molar-refractivity contribution in [2.24, 2.45) is 0 Å². The predicted molar refractivity (Wildman–Crippen MR) is 71.0 cm³/mol. The van der Waals surface area contributed by atoms with Crippen molar-refractivity contribution in [1.29, 1.82) is 0 Å². The van der Waals surface area contributed by atoms with Crippen LogP contribution in [-0.4, -0.2) is 16.1 Å². The van der Waals surface area contributed by atoms with Gasteiger partial charge in [0.1, 0.15) is 0 Å². The second-order valence-electron chi connectivity index (χ2n) is 4.87. The lowest BCUT2D eigenvalue weighted by molar-refractivity contribution is 0.0943. The zero-order valence-electron chi connectivity index (χ0n) is 10.8. The van der Waals surface area contributed by atoms with Gasteiger partial charge in [-0.05, 0) is 26.7 Å². The molecular formula is C14H23N2-. The third-order valence-corrected chi connectivity index (χ3v) is 3.75. The lowest BCUT2D eigenvalue weighted by atomic mass is 9.88. The molecule has 2 nitrogen and oxygen atoms in total. The molecule has 0 atom stereocenters. The van der Waals surface area contributed by atoms with Crippen LogP contribution in [0.3, 0.4) is 0 Å². The van der Waals surface area contributed by atoms with Gasteiger partial charge >= 0.3 is 0 Å². The Hall–Kier alpha value is -0.860. The van der Waals surface area contributed by atoms with Crippen LogP contribution in [0.4, 0.5) is 0 Å². The molecule has 1 rings (SSSR count). The summed E-state index contributed by atoms with van der Waals surface area (Å²) >= 11 is 0. The molecule has 0 saturated carbocycles. The van der Waals surface area contributed by atoms with Crippen LogP contribution in [0.5, 0.6) is 0 Å². The quantitative estimate of drug-likeness (QED) is 0.648. The third-order valence-electron chi connectivity index (χ3n) is 3.75. The van der Waals surface area contributed by atoms with Gasteiger partial charge in [-0.1, -0.05) is 50.3 Å². The Morgan fingerprint density at radius 2 is 1.50 bits per heavy atom. The van der Waals surface area contributed by atoms with E-state index in [4.69, 9.17) is 5.84 Å². The third kappa shape index (κ3) is 2.45. The van der Waals surface area contributed by atoms with Crippen molar-refractivity contribution in [3.05, 3.63) is 42.3 Å². The standard InChI is InChI=1S/C14H23N2/c1-5-13(3,6-2)16(15)14(4)11-9-7-8-10-12-14/h7-12,15H,5-6H2,1-4H3/q-1. The molecule has 1 aliphatic rings. The fourth-order valence-electron chi connectivity index (χ4n) is 1.98. The van der Waals surface area contributed by atoms with Gasteiger partial charge in [-0.15, -0.1) is 0 Å². The Kier molecular flexibility index (Phi) is 4.11. The molecule has 0 saturated heterocycles. The van der Waals surface area contributed by atoms with Crippen LogP contribution in [0, 0.1) is 0 Å². The SMILES string of the molecule is CCC(C)(CC)N([NH-])C1(C)C=CC=CC=C1. The highest BCUT2D eigenvalue weighted by Crippen LogP contribution is 2.33. The number of nitrogens with one attached hydrogen (secondary N) is 1. The van der Waals surface area contributed by atoms with Gasteiger partial charge in [0.25, 0.3) is 0 Å². The highest BCUT2D eigenvalue weighted by molar-refractivity contribution is 5.29. The first-order chi connectivity index (χ1) is 7.48. The summed E-state index contributed by atoms with van der Waals surface area (Å²) in [6, 6.07) is 0. The van der Waals surface area contributed by atoms with E-state index in [1.807, 2.05) is 24.3 Å². The smallest absolute Gasteiger partial charge is 0.0389 e. The van der Waals surface area contributed by atoms with Crippen LogP contribution in [0.1, 0.15) is 40.5 Å². The van der Waals surface area contributed by atoms with Gasteiger partial charge in [0.15, 0.2) is 0 Å². The Morgan fingerprint density at radius 3 is 1.88 bits per heavy atom. The number of rotatable bonds is 4. The fraction of sp³-hybridized carbons (Fsp3) is 0.571. The number of allylic oxidation sites excluding steroid dienone is 4. The van der Waals surface area contributed by atoms with E-state index in [1.165, 1.54) is 0 Å². The van der Waals surface area contributed by atoms with E-state index in [0.717, 1.165) is 12.8 Å². The topological polar surface area (TPSA) is 27.0 Å². The molecule has 1 N–H and O–H groups in total. The van der Waals surface area contributed by atoms with Gasteiger partial charge in [0.05, 0.1) is 0 Å². The van der Waals surface area contributed by atoms with E-state index >= 15 is 0 Å². The van der Waals surface area contributed by atoms with Crippen molar-refractivity contribution in [3.63, 3.8) is 0 Å². The van der Waals surface area contributed by atoms with E-state index in [9.17, 15) is 0 Å². The van der Waals surface area contributed by atoms with Crippen LogP contribution < -0.4 is 0 Å². The molecule has 0 bridgehead atoms. The molecule has 0 heterocycles. The van der Waals surface area contributed by atoms with Gasteiger partial charge in [-0.25, -0.2) is 0 Å². The maximum atomic E-state index is 8.42. The van der Waals surface area contributed by atoms with Crippen LogP contribution >= 0.6 is 0 Å². The van der Waals surface area contributed by atoms with Crippen molar-refractivity contribution >= 4 is 0 Å². The molecule has 90 valence electrons. The molecular weight excluding hydrogens is 196 g/mol. The molecule has 2 heteroatoms. The van der Waals surface area contributed by atoms with E-state index in [2.05, 4.69) is 39.8 Å². The van der Waals surface area contributed by atoms with Gasteiger partial charge < -0.3 is 10.9 Å². The van der Waals surface area contributed by atoms with Crippen molar-refractivity contribution in [2.45, 2.75) is 51.6 Å². The fourth-order valence-corrected chi connectivity index (χ4v) is 1.98. The summed E-state index contributed by atoms with van der Waals surface area (Å²) in [5.74, 6) is 8.42. The molecule has 0 radical (unpaired) electrons. The van der Waals surface area contributed by atoms with E-state index in [-0.39, 0.29) is 11.1 Å². The summed E-state index contributed by atoms with van der Waals surface area (Å²) in [7, 11) is 0. The van der Waals surface area contributed by atoms with Crippen molar-refractivity contribution in [1.82, 2.24) is 5.01 Å². The largest absolute Gasteiger partial charge is 0.608 e. The van der Waals surface area contributed by atoms with Crippen molar-refractivity contribution in [2.75, 3.05) is 0 Å². The number of hydrogen-bond donors (Lipinski definition) is 0. The maximum absolute atomic E-state index is 8.42. The molecule has 0 aromatic heterocycles. The minimum Gasteiger partial charge on any atom is -0.608 e. The average Bonchev–Trinajstić information content (AvgIpc) is 2.53. The normalized spacial score (nSPS) is 19.1. The molecule has 0 fully saturated rings. The summed E-state index contributed by atoms with van der Waals surface area (Å²) in [4.78, 5) is 0. The summed E-state index contributed by atoms with van der Waals surface area (Å²) in [6.45, 7) is 8.54. The van der Waals surface area contributed by atoms with Gasteiger partial charge in [-0.2, -0.15) is 0 Å². The molecule has 0 aromatic rings. The Bertz CT molecular complexity index is 293. The molecule has 1 aliphatic carbocycles. The lowest BCUT2D eigenvalue weighted by Gasteiger charge is -2.54. The van der Waals surface area contributed by atoms with Crippen molar-refractivity contribution in [3.8, 4) is 0 Å². The summed E-state index contributed by atoms with van der Waals surface area (Å²) < 4.78 is 0. The minimum absolute atomic E-state index is 0.0756. The lowest BCUT2D eigenvalue weighted by Crippen LogP contribution is -2.51. The van der Waals surface area contributed by atoms with Crippen LogP contribution in [0.2, 0.25) is 0 Å². The number of hydrogen-bond acceptors (Lipinski definition) is 1. The highest BCUT2D eigenvalue weighted by atomic mass is 15.5.